The summed E-state index contributed by atoms with van der Waals surface area (Å²) in [4.78, 5) is 13.3. The highest BCUT2D eigenvalue weighted by molar-refractivity contribution is 5.64. The molecule has 1 aromatic carbocycles. The van der Waals surface area contributed by atoms with Crippen LogP contribution in [0.15, 0.2) is 23.5 Å². The minimum Gasteiger partial charge on any atom is -0.504 e. The van der Waals surface area contributed by atoms with Gasteiger partial charge in [0, 0.05) is 23.1 Å². The molecule has 0 unspecified atom stereocenters. The van der Waals surface area contributed by atoms with E-state index in [4.69, 9.17) is 9.47 Å². The molecule has 0 aromatic heterocycles. The minimum absolute atomic E-state index is 0.0551. The fourth-order valence-corrected chi connectivity index (χ4v) is 5.14. The summed E-state index contributed by atoms with van der Waals surface area (Å²) in [6, 6.07) is 3.35. The summed E-state index contributed by atoms with van der Waals surface area (Å²) in [5.41, 5.74) is 1.73. The number of nitrogens with zero attached hydrogens (tertiary/aromatic N) is 1. The Balaban J connectivity index is 2.05. The number of benzene rings is 1. The lowest BCUT2D eigenvalue weighted by Crippen LogP contribution is -2.59. The third kappa shape index (κ3) is 2.04. The predicted octanol–water partition coefficient (Wildman–Crippen LogP) is 0.451. The lowest BCUT2D eigenvalue weighted by Gasteiger charge is -2.56. The van der Waals surface area contributed by atoms with Gasteiger partial charge in [0.1, 0.15) is 11.9 Å². The number of phenolic OH excluding ortho intramolecular Hbond substituents is 1. The number of carbonyl (C=O) groups is 1. The number of amides is 1. The van der Waals surface area contributed by atoms with Gasteiger partial charge in [-0.3, -0.25) is 4.79 Å². The maximum atomic E-state index is 11.6. The number of piperidine rings is 1. The van der Waals surface area contributed by atoms with Crippen molar-refractivity contribution in [2.75, 3.05) is 20.8 Å². The second-order valence-electron chi connectivity index (χ2n) is 7.24. The van der Waals surface area contributed by atoms with Crippen molar-refractivity contribution in [3.8, 4) is 11.5 Å². The number of rotatable bonds is 3. The van der Waals surface area contributed by atoms with Crippen molar-refractivity contribution in [1.82, 2.24) is 4.90 Å². The van der Waals surface area contributed by atoms with E-state index in [-0.39, 0.29) is 18.2 Å². The highest BCUT2D eigenvalue weighted by Crippen LogP contribution is 2.58. The number of ether oxygens (including phenoxy) is 2. The highest BCUT2D eigenvalue weighted by Gasteiger charge is 2.57. The van der Waals surface area contributed by atoms with Gasteiger partial charge in [-0.1, -0.05) is 6.07 Å². The number of phenols is 1. The number of hydrogen-bond donors (Lipinski definition) is 3. The number of aliphatic hydroxyl groups excluding tert-OH is 2. The molecule has 1 fully saturated rings. The van der Waals surface area contributed by atoms with Gasteiger partial charge in [-0.05, 0) is 30.9 Å². The van der Waals surface area contributed by atoms with Crippen molar-refractivity contribution in [2.24, 2.45) is 0 Å². The first-order valence-electron chi connectivity index (χ1n) is 8.73. The van der Waals surface area contributed by atoms with Crippen LogP contribution in [0.25, 0.3) is 0 Å². The summed E-state index contributed by atoms with van der Waals surface area (Å²) >= 11 is 0. The zero-order valence-corrected chi connectivity index (χ0v) is 14.8. The van der Waals surface area contributed by atoms with Crippen LogP contribution in [0.1, 0.15) is 24.0 Å². The van der Waals surface area contributed by atoms with Crippen molar-refractivity contribution in [3.63, 3.8) is 0 Å². The monoisotopic (exact) mass is 361 g/mol. The maximum Gasteiger partial charge on any atom is 0.210 e. The van der Waals surface area contributed by atoms with E-state index in [1.807, 2.05) is 6.07 Å². The Labute approximate surface area is 151 Å². The van der Waals surface area contributed by atoms with Crippen LogP contribution in [-0.2, 0) is 21.4 Å². The van der Waals surface area contributed by atoms with Gasteiger partial charge in [0.2, 0.25) is 6.41 Å². The molecule has 1 heterocycles. The number of aliphatic hydroxyl groups is 2. The number of carbonyl (C=O) groups excluding carboxylic acids is 1. The molecule has 7 heteroatoms. The molecule has 2 aliphatic carbocycles. The Morgan fingerprint density at radius 1 is 1.27 bits per heavy atom. The largest absolute Gasteiger partial charge is 0.504 e. The molecule has 4 atom stereocenters. The number of aromatic hydroxyl groups is 1. The van der Waals surface area contributed by atoms with E-state index < -0.39 is 17.6 Å². The zero-order valence-electron chi connectivity index (χ0n) is 14.8. The van der Waals surface area contributed by atoms with Gasteiger partial charge in [0.05, 0.1) is 26.4 Å². The Morgan fingerprint density at radius 2 is 2.04 bits per heavy atom. The van der Waals surface area contributed by atoms with Crippen molar-refractivity contribution in [1.29, 1.82) is 0 Å². The third-order valence-corrected chi connectivity index (χ3v) is 6.20. The van der Waals surface area contributed by atoms with E-state index >= 15 is 0 Å². The van der Waals surface area contributed by atoms with E-state index in [9.17, 15) is 20.1 Å². The SMILES string of the molecule is COC1=C2[C@H]3Cc4ccc(OC)c(O)c4[C@]2(CCN3C=O)C[C@H](O)[C@@H]1O. The van der Waals surface area contributed by atoms with Gasteiger partial charge in [-0.2, -0.15) is 0 Å². The molecule has 3 aliphatic rings. The molecule has 0 spiro atoms. The second kappa shape index (κ2) is 5.89. The van der Waals surface area contributed by atoms with Crippen LogP contribution in [0.4, 0.5) is 0 Å². The molecular formula is C19H23NO6. The predicted molar refractivity (Wildman–Crippen MR) is 91.9 cm³/mol. The second-order valence-corrected chi connectivity index (χ2v) is 7.24. The lowest BCUT2D eigenvalue weighted by molar-refractivity contribution is -0.122. The summed E-state index contributed by atoms with van der Waals surface area (Å²) in [6.45, 7) is 0.508. The molecule has 0 radical (unpaired) electrons. The lowest BCUT2D eigenvalue weighted by atomic mass is 9.55. The molecule has 0 saturated carbocycles. The minimum atomic E-state index is -1.15. The summed E-state index contributed by atoms with van der Waals surface area (Å²) < 4.78 is 10.8. The van der Waals surface area contributed by atoms with Crippen molar-refractivity contribution < 1.29 is 29.6 Å². The quantitative estimate of drug-likeness (QED) is 0.676. The summed E-state index contributed by atoms with van der Waals surface area (Å²) in [6.07, 6.45) is -0.0472. The number of fused-ring (bicyclic) bond motifs is 1. The molecule has 1 amide bonds. The first-order valence-corrected chi connectivity index (χ1v) is 8.73. The molecule has 3 N–H and O–H groups in total. The van der Waals surface area contributed by atoms with Crippen LogP contribution < -0.4 is 4.74 Å². The smallest absolute Gasteiger partial charge is 0.210 e. The molecule has 7 nitrogen and oxygen atoms in total. The van der Waals surface area contributed by atoms with Gasteiger partial charge in [0.25, 0.3) is 0 Å². The van der Waals surface area contributed by atoms with Crippen LogP contribution in [0.3, 0.4) is 0 Å². The number of hydrogen-bond acceptors (Lipinski definition) is 6. The topological polar surface area (TPSA) is 99.5 Å². The van der Waals surface area contributed by atoms with Gasteiger partial charge >= 0.3 is 0 Å². The fourth-order valence-electron chi connectivity index (χ4n) is 5.14. The van der Waals surface area contributed by atoms with E-state index in [0.717, 1.165) is 17.5 Å². The van der Waals surface area contributed by atoms with E-state index in [1.54, 1.807) is 11.0 Å². The molecule has 4 rings (SSSR count). The molecule has 140 valence electrons. The molecular weight excluding hydrogens is 338 g/mol. The highest BCUT2D eigenvalue weighted by atomic mass is 16.5. The summed E-state index contributed by atoms with van der Waals surface area (Å²) in [7, 11) is 2.95. The Morgan fingerprint density at radius 3 is 2.69 bits per heavy atom. The van der Waals surface area contributed by atoms with Crippen molar-refractivity contribution in [2.45, 2.75) is 42.9 Å². The zero-order chi connectivity index (χ0) is 18.6. The first-order chi connectivity index (χ1) is 12.5. The average molecular weight is 361 g/mol. The van der Waals surface area contributed by atoms with Crippen LogP contribution in [-0.4, -0.2) is 65.6 Å². The van der Waals surface area contributed by atoms with Crippen molar-refractivity contribution >= 4 is 6.41 Å². The first kappa shape index (κ1) is 17.2. The summed E-state index contributed by atoms with van der Waals surface area (Å²) in [5, 5.41) is 31.9. The standard InChI is InChI=1S/C19H23NO6/c1-25-13-4-3-10-7-11-15-18(26-2)16(23)12(22)8-19(15,14(10)17(13)24)5-6-20(11)9-21/h3-4,9,11-12,16,22-24H,5-8H2,1-2H3/t11-,12+,16+,19+/m1/s1. The summed E-state index contributed by atoms with van der Waals surface area (Å²) in [5.74, 6) is 0.723. The van der Waals surface area contributed by atoms with Crippen molar-refractivity contribution in [3.05, 3.63) is 34.6 Å². The Hall–Kier alpha value is -2.25. The van der Waals surface area contributed by atoms with Crippen LogP contribution in [0.2, 0.25) is 0 Å². The van der Waals surface area contributed by atoms with E-state index in [2.05, 4.69) is 0 Å². The van der Waals surface area contributed by atoms with Crippen LogP contribution in [0, 0.1) is 0 Å². The van der Waals surface area contributed by atoms with E-state index in [1.165, 1.54) is 14.2 Å². The maximum absolute atomic E-state index is 11.6. The normalized spacial score (nSPS) is 32.6. The van der Waals surface area contributed by atoms with Gasteiger partial charge < -0.3 is 29.7 Å². The van der Waals surface area contributed by atoms with Gasteiger partial charge in [0.15, 0.2) is 11.5 Å². The average Bonchev–Trinajstić information content (AvgIpc) is 2.63. The van der Waals surface area contributed by atoms with Crippen LogP contribution >= 0.6 is 0 Å². The molecule has 2 bridgehead atoms. The number of likely N-dealkylation sites (tertiary alicyclic amines) is 1. The van der Waals surface area contributed by atoms with E-state index in [0.29, 0.717) is 36.5 Å². The van der Waals surface area contributed by atoms with Gasteiger partial charge in [-0.25, -0.2) is 0 Å². The Kier molecular flexibility index (Phi) is 3.89. The fraction of sp³-hybridized carbons (Fsp3) is 0.526. The number of methoxy groups -OCH3 is 2. The van der Waals surface area contributed by atoms with Crippen LogP contribution in [0.5, 0.6) is 11.5 Å². The third-order valence-electron chi connectivity index (χ3n) is 6.20. The molecule has 1 saturated heterocycles. The Bertz CT molecular complexity index is 790. The molecule has 26 heavy (non-hydrogen) atoms. The molecule has 1 aliphatic heterocycles. The van der Waals surface area contributed by atoms with Gasteiger partial charge in [-0.15, -0.1) is 0 Å². The molecule has 1 aromatic rings.